The lowest BCUT2D eigenvalue weighted by Gasteiger charge is -2.39. The van der Waals surface area contributed by atoms with Crippen molar-refractivity contribution in [3.05, 3.63) is 102 Å². The minimum atomic E-state index is -0.837. The van der Waals surface area contributed by atoms with Crippen LogP contribution in [0.1, 0.15) is 16.7 Å². The fourth-order valence-electron chi connectivity index (χ4n) is 4.29. The molecule has 2 heteroatoms. The second kappa shape index (κ2) is 6.97. The van der Waals surface area contributed by atoms with Crippen molar-refractivity contribution in [2.75, 3.05) is 11.9 Å². The Hall–Kier alpha value is -2.58. The Bertz CT molecular complexity index is 818. The Morgan fingerprint density at radius 2 is 1.31 bits per heavy atom. The van der Waals surface area contributed by atoms with E-state index in [1.165, 1.54) is 22.4 Å². The Labute approximate surface area is 155 Å². The molecule has 1 heterocycles. The molecule has 26 heavy (non-hydrogen) atoms. The Morgan fingerprint density at radius 1 is 0.808 bits per heavy atom. The van der Waals surface area contributed by atoms with Crippen LogP contribution >= 0.6 is 0 Å². The molecule has 1 aliphatic heterocycles. The number of benzene rings is 3. The minimum absolute atomic E-state index is 0.0558. The topological polar surface area (TPSA) is 23.5 Å². The summed E-state index contributed by atoms with van der Waals surface area (Å²) in [5.41, 5.74) is 4.07. The summed E-state index contributed by atoms with van der Waals surface area (Å²) in [6, 6.07) is 29.2. The van der Waals surface area contributed by atoms with E-state index in [0.717, 1.165) is 6.42 Å². The van der Waals surface area contributed by atoms with E-state index in [-0.39, 0.29) is 6.04 Å². The van der Waals surface area contributed by atoms with Crippen LogP contribution in [0.5, 0.6) is 0 Å². The van der Waals surface area contributed by atoms with Crippen molar-refractivity contribution in [3.8, 4) is 0 Å². The molecule has 1 atom stereocenters. The van der Waals surface area contributed by atoms with Crippen molar-refractivity contribution in [2.24, 2.45) is 0 Å². The zero-order valence-corrected chi connectivity index (χ0v) is 15.2. The Balaban J connectivity index is 1.69. The number of aliphatic hydroxyl groups is 1. The molecule has 3 aromatic rings. The van der Waals surface area contributed by atoms with E-state index in [4.69, 9.17) is 0 Å². The van der Waals surface area contributed by atoms with Gasteiger partial charge < -0.3 is 10.0 Å². The first-order valence-corrected chi connectivity index (χ1v) is 9.27. The monoisotopic (exact) mass is 343 g/mol. The smallest absolute Gasteiger partial charge is 0.0933 e. The molecule has 3 aromatic carbocycles. The van der Waals surface area contributed by atoms with Crippen molar-refractivity contribution in [1.82, 2.24) is 0 Å². The molecule has 4 rings (SSSR count). The Morgan fingerprint density at radius 3 is 1.85 bits per heavy atom. The fourth-order valence-corrected chi connectivity index (χ4v) is 4.29. The van der Waals surface area contributed by atoms with Gasteiger partial charge in [-0.3, -0.25) is 0 Å². The van der Waals surface area contributed by atoms with Crippen LogP contribution in [0.15, 0.2) is 84.9 Å². The average Bonchev–Trinajstić information content (AvgIpc) is 3.01. The van der Waals surface area contributed by atoms with Crippen LogP contribution in [0.2, 0.25) is 0 Å². The molecule has 0 saturated heterocycles. The van der Waals surface area contributed by atoms with E-state index < -0.39 is 5.60 Å². The molecule has 0 aromatic heterocycles. The first kappa shape index (κ1) is 16.9. The van der Waals surface area contributed by atoms with Crippen molar-refractivity contribution < 1.29 is 5.11 Å². The quantitative estimate of drug-likeness (QED) is 0.748. The average molecular weight is 343 g/mol. The number of likely N-dealkylation sites (N-methyl/N-ethyl adjacent to an activating group) is 1. The lowest BCUT2D eigenvalue weighted by molar-refractivity contribution is 0.0156. The molecule has 0 radical (unpaired) electrons. The highest BCUT2D eigenvalue weighted by atomic mass is 16.3. The van der Waals surface area contributed by atoms with Gasteiger partial charge in [-0.05, 0) is 29.2 Å². The molecule has 2 nitrogen and oxygen atoms in total. The predicted molar refractivity (Wildman–Crippen MR) is 108 cm³/mol. The van der Waals surface area contributed by atoms with E-state index in [2.05, 4.69) is 60.5 Å². The number of rotatable bonds is 5. The first-order chi connectivity index (χ1) is 12.7. The molecule has 0 bridgehead atoms. The van der Waals surface area contributed by atoms with E-state index in [1.54, 1.807) is 0 Å². The van der Waals surface area contributed by atoms with Gasteiger partial charge in [0, 0.05) is 25.6 Å². The molecule has 0 spiro atoms. The van der Waals surface area contributed by atoms with Gasteiger partial charge in [-0.25, -0.2) is 0 Å². The summed E-state index contributed by atoms with van der Waals surface area (Å²) in [4.78, 5) is 2.27. The number of anilines is 1. The van der Waals surface area contributed by atoms with Crippen LogP contribution in [-0.4, -0.2) is 23.8 Å². The van der Waals surface area contributed by atoms with Crippen LogP contribution in [-0.2, 0) is 19.3 Å². The van der Waals surface area contributed by atoms with Gasteiger partial charge in [0.25, 0.3) is 0 Å². The summed E-state index contributed by atoms with van der Waals surface area (Å²) < 4.78 is 0. The number of fused-ring (bicyclic) bond motifs is 1. The summed E-state index contributed by atoms with van der Waals surface area (Å²) in [5, 5.41) is 11.9. The highest BCUT2D eigenvalue weighted by Crippen LogP contribution is 2.38. The largest absolute Gasteiger partial charge is 0.387 e. The van der Waals surface area contributed by atoms with E-state index in [0.29, 0.717) is 12.8 Å². The zero-order chi connectivity index (χ0) is 18.0. The molecular formula is C24H25NO. The van der Waals surface area contributed by atoms with Crippen LogP contribution < -0.4 is 4.90 Å². The summed E-state index contributed by atoms with van der Waals surface area (Å²) in [6.07, 6.45) is 2.17. The maximum absolute atomic E-state index is 11.9. The van der Waals surface area contributed by atoms with E-state index >= 15 is 0 Å². The molecule has 1 N–H and O–H groups in total. The first-order valence-electron chi connectivity index (χ1n) is 9.27. The fraction of sp³-hybridized carbons (Fsp3) is 0.250. The van der Waals surface area contributed by atoms with Gasteiger partial charge in [0.1, 0.15) is 0 Å². The van der Waals surface area contributed by atoms with Gasteiger partial charge in [0.05, 0.1) is 11.6 Å². The lowest BCUT2D eigenvalue weighted by Crippen LogP contribution is -2.53. The summed E-state index contributed by atoms with van der Waals surface area (Å²) in [6.45, 7) is 0. The second-order valence-corrected chi connectivity index (χ2v) is 7.39. The lowest BCUT2D eigenvalue weighted by atomic mass is 9.80. The van der Waals surface area contributed by atoms with Crippen LogP contribution in [0.4, 0.5) is 5.69 Å². The molecule has 1 unspecified atom stereocenters. The summed E-state index contributed by atoms with van der Waals surface area (Å²) in [7, 11) is 2.11. The maximum Gasteiger partial charge on any atom is 0.0933 e. The highest BCUT2D eigenvalue weighted by Gasteiger charge is 2.43. The number of hydrogen-bond acceptors (Lipinski definition) is 2. The third-order valence-corrected chi connectivity index (χ3v) is 5.58. The van der Waals surface area contributed by atoms with Crippen LogP contribution in [0.25, 0.3) is 0 Å². The molecule has 0 fully saturated rings. The van der Waals surface area contributed by atoms with Gasteiger partial charge in [-0.15, -0.1) is 0 Å². The number of para-hydroxylation sites is 1. The van der Waals surface area contributed by atoms with Gasteiger partial charge in [0.2, 0.25) is 0 Å². The standard InChI is InChI=1S/C24H25NO/c1-25-22-15-9-8-14-21(22)16-23(25)24(26,17-19-10-4-2-5-11-19)18-20-12-6-3-7-13-20/h2-15,23,26H,16-18H2,1H3. The molecule has 0 amide bonds. The van der Waals surface area contributed by atoms with Gasteiger partial charge in [-0.2, -0.15) is 0 Å². The molecule has 0 aliphatic carbocycles. The molecule has 0 saturated carbocycles. The van der Waals surface area contributed by atoms with Crippen molar-refractivity contribution in [2.45, 2.75) is 30.9 Å². The van der Waals surface area contributed by atoms with Crippen LogP contribution in [0.3, 0.4) is 0 Å². The van der Waals surface area contributed by atoms with Crippen molar-refractivity contribution >= 4 is 5.69 Å². The third-order valence-electron chi connectivity index (χ3n) is 5.58. The molecule has 132 valence electrons. The van der Waals surface area contributed by atoms with Gasteiger partial charge >= 0.3 is 0 Å². The van der Waals surface area contributed by atoms with Crippen LogP contribution in [0, 0.1) is 0 Å². The van der Waals surface area contributed by atoms with E-state index in [9.17, 15) is 5.11 Å². The van der Waals surface area contributed by atoms with Crippen molar-refractivity contribution in [3.63, 3.8) is 0 Å². The van der Waals surface area contributed by atoms with Gasteiger partial charge in [0.15, 0.2) is 0 Å². The summed E-state index contributed by atoms with van der Waals surface area (Å²) in [5.74, 6) is 0. The van der Waals surface area contributed by atoms with Crippen molar-refractivity contribution in [1.29, 1.82) is 0 Å². The summed E-state index contributed by atoms with van der Waals surface area (Å²) >= 11 is 0. The zero-order valence-electron chi connectivity index (χ0n) is 15.2. The predicted octanol–water partition coefficient (Wildman–Crippen LogP) is 4.26. The number of nitrogens with zero attached hydrogens (tertiary/aromatic N) is 1. The maximum atomic E-state index is 11.9. The molecule has 1 aliphatic rings. The minimum Gasteiger partial charge on any atom is -0.387 e. The SMILES string of the molecule is CN1c2ccccc2CC1C(O)(Cc1ccccc1)Cc1ccccc1. The molecular weight excluding hydrogens is 318 g/mol. The normalized spacial score (nSPS) is 16.5. The highest BCUT2D eigenvalue weighted by molar-refractivity contribution is 5.59. The number of hydrogen-bond donors (Lipinski definition) is 1. The third kappa shape index (κ3) is 3.25. The van der Waals surface area contributed by atoms with E-state index in [1.807, 2.05) is 36.4 Å². The van der Waals surface area contributed by atoms with Gasteiger partial charge in [-0.1, -0.05) is 78.9 Å². The Kier molecular flexibility index (Phi) is 4.52. The second-order valence-electron chi connectivity index (χ2n) is 7.39.